The van der Waals surface area contributed by atoms with E-state index in [1.165, 1.54) is 6.92 Å². The van der Waals surface area contributed by atoms with E-state index in [9.17, 15) is 8.78 Å². The zero-order valence-electron chi connectivity index (χ0n) is 11.5. The molecule has 2 aromatic rings. The zero-order chi connectivity index (χ0) is 14.7. The van der Waals surface area contributed by atoms with Crippen LogP contribution in [0.2, 0.25) is 0 Å². The van der Waals surface area contributed by atoms with Crippen molar-refractivity contribution >= 4 is 11.8 Å². The Hall–Kier alpha value is -1.39. The van der Waals surface area contributed by atoms with Crippen LogP contribution in [0.1, 0.15) is 29.7 Å². The molecule has 1 nitrogen and oxygen atoms in total. The van der Waals surface area contributed by atoms with E-state index in [1.54, 1.807) is 23.9 Å². The molecule has 0 heterocycles. The van der Waals surface area contributed by atoms with E-state index in [1.807, 2.05) is 24.3 Å². The topological polar surface area (TPSA) is 26.0 Å². The summed E-state index contributed by atoms with van der Waals surface area (Å²) in [6, 6.07) is 10.1. The minimum atomic E-state index is -0.857. The van der Waals surface area contributed by atoms with Crippen LogP contribution < -0.4 is 5.73 Å². The lowest BCUT2D eigenvalue weighted by atomic mass is 9.98. The van der Waals surface area contributed by atoms with E-state index >= 15 is 0 Å². The van der Waals surface area contributed by atoms with Crippen molar-refractivity contribution in [2.45, 2.75) is 24.8 Å². The fourth-order valence-corrected chi connectivity index (χ4v) is 2.68. The Labute approximate surface area is 122 Å². The first kappa shape index (κ1) is 15.0. The predicted octanol–water partition coefficient (Wildman–Crippen LogP) is 4.43. The Morgan fingerprint density at radius 1 is 1.05 bits per heavy atom. The van der Waals surface area contributed by atoms with Gasteiger partial charge >= 0.3 is 0 Å². The first-order chi connectivity index (χ1) is 9.54. The van der Waals surface area contributed by atoms with Gasteiger partial charge in [-0.2, -0.15) is 0 Å². The minimum absolute atomic E-state index is 0.184. The molecule has 0 aliphatic carbocycles. The number of hydrogen-bond acceptors (Lipinski definition) is 2. The van der Waals surface area contributed by atoms with Gasteiger partial charge in [0.15, 0.2) is 11.6 Å². The van der Waals surface area contributed by atoms with Crippen molar-refractivity contribution in [1.82, 2.24) is 0 Å². The molecule has 4 heteroatoms. The SMILES string of the molecule is CCSc1ccc(C(N)c2ccc(C)c(F)c2F)cc1. The smallest absolute Gasteiger partial charge is 0.164 e. The lowest BCUT2D eigenvalue weighted by Gasteiger charge is -2.15. The van der Waals surface area contributed by atoms with Gasteiger partial charge in [0.25, 0.3) is 0 Å². The molecule has 0 aliphatic heterocycles. The van der Waals surface area contributed by atoms with Gasteiger partial charge in [-0.05, 0) is 35.9 Å². The summed E-state index contributed by atoms with van der Waals surface area (Å²) in [5.41, 5.74) is 7.29. The third-order valence-corrected chi connectivity index (χ3v) is 4.08. The van der Waals surface area contributed by atoms with Crippen molar-refractivity contribution in [3.05, 3.63) is 64.7 Å². The molecule has 0 aromatic heterocycles. The standard InChI is InChI=1S/C16H17F2NS/c1-3-20-12-7-5-11(6-8-12)16(19)13-9-4-10(2)14(17)15(13)18/h4-9,16H,3,19H2,1-2H3. The van der Waals surface area contributed by atoms with Crippen molar-refractivity contribution in [2.24, 2.45) is 5.73 Å². The van der Waals surface area contributed by atoms with Crippen LogP contribution in [0.3, 0.4) is 0 Å². The second kappa shape index (κ2) is 6.37. The van der Waals surface area contributed by atoms with Crippen LogP contribution in [0.5, 0.6) is 0 Å². The third-order valence-electron chi connectivity index (χ3n) is 3.19. The highest BCUT2D eigenvalue weighted by Crippen LogP contribution is 2.27. The molecule has 2 N–H and O–H groups in total. The molecule has 0 aliphatic rings. The average molecular weight is 293 g/mol. The first-order valence-corrected chi connectivity index (χ1v) is 7.46. The Morgan fingerprint density at radius 2 is 1.70 bits per heavy atom. The normalized spacial score (nSPS) is 12.4. The zero-order valence-corrected chi connectivity index (χ0v) is 12.3. The summed E-state index contributed by atoms with van der Waals surface area (Å²) >= 11 is 1.72. The summed E-state index contributed by atoms with van der Waals surface area (Å²) in [4.78, 5) is 1.14. The van der Waals surface area contributed by atoms with E-state index in [0.29, 0.717) is 0 Å². The van der Waals surface area contributed by atoms with Gasteiger partial charge in [-0.3, -0.25) is 0 Å². The van der Waals surface area contributed by atoms with E-state index in [0.717, 1.165) is 16.2 Å². The summed E-state index contributed by atoms with van der Waals surface area (Å²) < 4.78 is 27.5. The lowest BCUT2D eigenvalue weighted by Crippen LogP contribution is -2.14. The van der Waals surface area contributed by atoms with E-state index in [4.69, 9.17) is 5.73 Å². The summed E-state index contributed by atoms with van der Waals surface area (Å²) in [5, 5.41) is 0. The van der Waals surface area contributed by atoms with Crippen LogP contribution in [0.4, 0.5) is 8.78 Å². The number of aryl methyl sites for hydroxylation is 1. The molecule has 0 fully saturated rings. The lowest BCUT2D eigenvalue weighted by molar-refractivity contribution is 0.489. The van der Waals surface area contributed by atoms with E-state index in [2.05, 4.69) is 6.92 Å². The van der Waals surface area contributed by atoms with E-state index < -0.39 is 17.7 Å². The molecule has 0 saturated carbocycles. The predicted molar refractivity (Wildman–Crippen MR) is 80.0 cm³/mol. The first-order valence-electron chi connectivity index (χ1n) is 6.47. The number of halogens is 2. The maximum Gasteiger partial charge on any atom is 0.164 e. The molecule has 0 amide bonds. The molecule has 106 valence electrons. The molecule has 1 atom stereocenters. The van der Waals surface area contributed by atoms with Gasteiger partial charge < -0.3 is 5.73 Å². The summed E-state index contributed by atoms with van der Waals surface area (Å²) in [6.07, 6.45) is 0. The average Bonchev–Trinajstić information content (AvgIpc) is 2.45. The Bertz CT molecular complexity index is 596. The molecule has 0 radical (unpaired) electrons. The van der Waals surface area contributed by atoms with Crippen LogP contribution in [0.15, 0.2) is 41.3 Å². The second-order valence-electron chi connectivity index (χ2n) is 4.58. The highest BCUT2D eigenvalue weighted by molar-refractivity contribution is 7.99. The monoisotopic (exact) mass is 293 g/mol. The molecule has 2 rings (SSSR count). The van der Waals surface area contributed by atoms with Crippen molar-refractivity contribution in [1.29, 1.82) is 0 Å². The Morgan fingerprint density at radius 3 is 2.30 bits per heavy atom. The van der Waals surface area contributed by atoms with Gasteiger partial charge in [0.1, 0.15) is 0 Å². The fraction of sp³-hybridized carbons (Fsp3) is 0.250. The number of benzene rings is 2. The fourth-order valence-electron chi connectivity index (χ4n) is 2.02. The Kier molecular flexibility index (Phi) is 4.78. The van der Waals surface area contributed by atoms with Gasteiger partial charge in [0.05, 0.1) is 6.04 Å². The number of rotatable bonds is 4. The molecule has 0 bridgehead atoms. The maximum atomic E-state index is 13.9. The summed E-state index contributed by atoms with van der Waals surface area (Å²) in [7, 11) is 0. The van der Waals surface area contributed by atoms with Gasteiger partial charge in [0, 0.05) is 10.5 Å². The van der Waals surface area contributed by atoms with Crippen molar-refractivity contribution in [3.63, 3.8) is 0 Å². The van der Waals surface area contributed by atoms with Crippen molar-refractivity contribution < 1.29 is 8.78 Å². The highest BCUT2D eigenvalue weighted by atomic mass is 32.2. The molecular weight excluding hydrogens is 276 g/mol. The van der Waals surface area contributed by atoms with Crippen LogP contribution in [-0.2, 0) is 0 Å². The van der Waals surface area contributed by atoms with E-state index in [-0.39, 0.29) is 11.1 Å². The van der Waals surface area contributed by atoms with Gasteiger partial charge in [0.2, 0.25) is 0 Å². The molecular formula is C16H17F2NS. The van der Waals surface area contributed by atoms with Gasteiger partial charge in [-0.15, -0.1) is 11.8 Å². The number of thioether (sulfide) groups is 1. The largest absolute Gasteiger partial charge is 0.320 e. The summed E-state index contributed by atoms with van der Waals surface area (Å²) in [5.74, 6) is -0.691. The van der Waals surface area contributed by atoms with Crippen LogP contribution in [-0.4, -0.2) is 5.75 Å². The van der Waals surface area contributed by atoms with Crippen LogP contribution >= 0.6 is 11.8 Å². The third kappa shape index (κ3) is 3.02. The maximum absolute atomic E-state index is 13.9. The minimum Gasteiger partial charge on any atom is -0.320 e. The van der Waals surface area contributed by atoms with Crippen LogP contribution in [0, 0.1) is 18.6 Å². The number of hydrogen-bond donors (Lipinski definition) is 1. The van der Waals surface area contributed by atoms with Gasteiger partial charge in [-0.25, -0.2) is 8.78 Å². The van der Waals surface area contributed by atoms with Crippen molar-refractivity contribution in [2.75, 3.05) is 5.75 Å². The molecule has 0 spiro atoms. The molecule has 20 heavy (non-hydrogen) atoms. The van der Waals surface area contributed by atoms with Crippen LogP contribution in [0.25, 0.3) is 0 Å². The molecule has 1 unspecified atom stereocenters. The Balaban J connectivity index is 2.31. The molecule has 2 aromatic carbocycles. The second-order valence-corrected chi connectivity index (χ2v) is 5.92. The quantitative estimate of drug-likeness (QED) is 0.844. The molecule has 0 saturated heterocycles. The number of nitrogens with two attached hydrogens (primary N) is 1. The highest BCUT2D eigenvalue weighted by Gasteiger charge is 2.17. The van der Waals surface area contributed by atoms with Crippen molar-refractivity contribution in [3.8, 4) is 0 Å². The summed E-state index contributed by atoms with van der Waals surface area (Å²) in [6.45, 7) is 3.61. The van der Waals surface area contributed by atoms with Gasteiger partial charge in [-0.1, -0.05) is 31.2 Å².